The van der Waals surface area contributed by atoms with E-state index in [9.17, 15) is 13.6 Å². The molecule has 0 aliphatic carbocycles. The van der Waals surface area contributed by atoms with Gasteiger partial charge in [0.25, 0.3) is 5.91 Å². The third kappa shape index (κ3) is 3.59. The number of amidine groups is 1. The van der Waals surface area contributed by atoms with Gasteiger partial charge in [-0.25, -0.2) is 24.1 Å². The summed E-state index contributed by atoms with van der Waals surface area (Å²) in [5.74, 6) is -1.37. The van der Waals surface area contributed by atoms with E-state index in [1.807, 2.05) is 24.3 Å². The van der Waals surface area contributed by atoms with E-state index < -0.39 is 23.3 Å². The van der Waals surface area contributed by atoms with Crippen LogP contribution in [0.25, 0.3) is 0 Å². The highest BCUT2D eigenvalue weighted by molar-refractivity contribution is 9.10. The van der Waals surface area contributed by atoms with E-state index in [0.717, 1.165) is 22.2 Å². The Morgan fingerprint density at radius 3 is 2.52 bits per heavy atom. The Hall–Kier alpha value is -2.32. The average Bonchev–Trinajstić information content (AvgIpc) is 3.06. The number of hydrogen-bond acceptors (Lipinski definition) is 4. The van der Waals surface area contributed by atoms with Crippen LogP contribution in [0.4, 0.5) is 8.78 Å². The van der Waals surface area contributed by atoms with Gasteiger partial charge >= 0.3 is 0 Å². The van der Waals surface area contributed by atoms with Gasteiger partial charge < -0.3 is 4.90 Å². The van der Waals surface area contributed by atoms with Crippen LogP contribution in [-0.4, -0.2) is 35.5 Å². The summed E-state index contributed by atoms with van der Waals surface area (Å²) in [6.45, 7) is 0.739. The number of carbonyl (C=O) groups excluding carboxylic acids is 1. The second-order valence-corrected chi connectivity index (χ2v) is 7.45. The fourth-order valence-electron chi connectivity index (χ4n) is 3.23. The van der Waals surface area contributed by atoms with Gasteiger partial charge in [-0.15, -0.1) is 0 Å². The van der Waals surface area contributed by atoms with Crippen molar-refractivity contribution in [1.29, 1.82) is 0 Å². The number of piperidine rings is 1. The lowest BCUT2D eigenvalue weighted by Crippen LogP contribution is -2.46. The SMILES string of the molecule is O=C(c1ccc(F)cc1F)N1CCC2(CC1)N=C(c1ccc(Br)cc1)NO2. The number of halogens is 3. The molecule has 2 aromatic rings. The molecule has 0 radical (unpaired) electrons. The van der Waals surface area contributed by atoms with Crippen LogP contribution in [0.15, 0.2) is 51.9 Å². The van der Waals surface area contributed by atoms with E-state index in [-0.39, 0.29) is 5.56 Å². The van der Waals surface area contributed by atoms with Gasteiger partial charge in [0.15, 0.2) is 11.6 Å². The zero-order valence-electron chi connectivity index (χ0n) is 14.2. The monoisotopic (exact) mass is 435 g/mol. The number of hydrogen-bond donors (Lipinski definition) is 1. The minimum atomic E-state index is -0.852. The highest BCUT2D eigenvalue weighted by Crippen LogP contribution is 2.32. The summed E-state index contributed by atoms with van der Waals surface area (Å²) < 4.78 is 27.9. The first-order valence-corrected chi connectivity index (χ1v) is 9.29. The molecule has 2 aliphatic heterocycles. The molecule has 0 atom stereocenters. The molecule has 140 valence electrons. The minimum absolute atomic E-state index is 0.128. The molecule has 2 aliphatic rings. The average molecular weight is 436 g/mol. The van der Waals surface area contributed by atoms with E-state index >= 15 is 0 Å². The molecule has 8 heteroatoms. The fourth-order valence-corrected chi connectivity index (χ4v) is 3.49. The number of carbonyl (C=O) groups is 1. The van der Waals surface area contributed by atoms with Crippen molar-refractivity contribution in [3.63, 3.8) is 0 Å². The fraction of sp³-hybridized carbons (Fsp3) is 0.263. The van der Waals surface area contributed by atoms with Gasteiger partial charge in [-0.3, -0.25) is 4.79 Å². The van der Waals surface area contributed by atoms with Gasteiger partial charge in [-0.1, -0.05) is 28.1 Å². The van der Waals surface area contributed by atoms with Crippen LogP contribution >= 0.6 is 15.9 Å². The predicted molar refractivity (Wildman–Crippen MR) is 99.1 cm³/mol. The molecule has 1 spiro atoms. The molecular formula is C19H16BrF2N3O2. The lowest BCUT2D eigenvalue weighted by molar-refractivity contribution is -0.0849. The second-order valence-electron chi connectivity index (χ2n) is 6.53. The summed E-state index contributed by atoms with van der Waals surface area (Å²) in [7, 11) is 0. The Kier molecular flexibility index (Phi) is 4.69. The molecular weight excluding hydrogens is 420 g/mol. The number of aliphatic imine (C=N–C) groups is 1. The predicted octanol–water partition coefficient (Wildman–Crippen LogP) is 3.64. The quantitative estimate of drug-likeness (QED) is 0.783. The van der Waals surface area contributed by atoms with Gasteiger partial charge in [0.2, 0.25) is 0 Å². The lowest BCUT2D eigenvalue weighted by Gasteiger charge is -2.35. The van der Waals surface area contributed by atoms with Crippen molar-refractivity contribution >= 4 is 27.7 Å². The number of nitrogens with zero attached hydrogens (tertiary/aromatic N) is 2. The molecule has 0 aromatic heterocycles. The molecule has 27 heavy (non-hydrogen) atoms. The van der Waals surface area contributed by atoms with Gasteiger partial charge in [0.05, 0.1) is 5.56 Å². The van der Waals surface area contributed by atoms with Crippen LogP contribution in [0.5, 0.6) is 0 Å². The number of rotatable bonds is 2. The molecule has 1 amide bonds. The van der Waals surface area contributed by atoms with Gasteiger partial charge in [-0.05, 0) is 24.3 Å². The Morgan fingerprint density at radius 2 is 1.85 bits per heavy atom. The summed E-state index contributed by atoms with van der Waals surface area (Å²) in [5.41, 5.74) is 2.91. The maximum absolute atomic E-state index is 13.9. The molecule has 0 bridgehead atoms. The lowest BCUT2D eigenvalue weighted by atomic mass is 10.00. The van der Waals surface area contributed by atoms with E-state index in [4.69, 9.17) is 4.84 Å². The Morgan fingerprint density at radius 1 is 1.15 bits per heavy atom. The summed E-state index contributed by atoms with van der Waals surface area (Å²) in [6.07, 6.45) is 0.961. The van der Waals surface area contributed by atoms with Gasteiger partial charge in [0, 0.05) is 42.0 Å². The first-order valence-electron chi connectivity index (χ1n) is 8.50. The smallest absolute Gasteiger partial charge is 0.256 e. The molecule has 0 unspecified atom stereocenters. The van der Waals surface area contributed by atoms with Crippen LogP contribution < -0.4 is 5.48 Å². The number of amides is 1. The number of likely N-dealkylation sites (tertiary alicyclic amines) is 1. The first kappa shape index (κ1) is 18.1. The van der Waals surface area contributed by atoms with Crippen LogP contribution in [0, 0.1) is 11.6 Å². The van der Waals surface area contributed by atoms with E-state index in [1.54, 1.807) is 0 Å². The first-order chi connectivity index (χ1) is 13.0. The summed E-state index contributed by atoms with van der Waals surface area (Å²) in [4.78, 5) is 24.5. The minimum Gasteiger partial charge on any atom is -0.338 e. The van der Waals surface area contributed by atoms with Crippen molar-refractivity contribution < 1.29 is 18.4 Å². The van der Waals surface area contributed by atoms with Crippen LogP contribution in [0.1, 0.15) is 28.8 Å². The summed E-state index contributed by atoms with van der Waals surface area (Å²) >= 11 is 3.40. The van der Waals surface area contributed by atoms with Crippen molar-refractivity contribution in [2.45, 2.75) is 18.6 Å². The topological polar surface area (TPSA) is 53.9 Å². The normalized spacial score (nSPS) is 18.3. The van der Waals surface area contributed by atoms with Crippen molar-refractivity contribution in [1.82, 2.24) is 10.4 Å². The molecule has 1 N–H and O–H groups in total. The molecule has 2 heterocycles. The maximum atomic E-state index is 13.9. The Labute approximate surface area is 163 Å². The summed E-state index contributed by atoms with van der Waals surface area (Å²) in [6, 6.07) is 10.7. The number of benzene rings is 2. The maximum Gasteiger partial charge on any atom is 0.256 e. The molecule has 1 saturated heterocycles. The van der Waals surface area contributed by atoms with Crippen LogP contribution in [-0.2, 0) is 4.84 Å². The highest BCUT2D eigenvalue weighted by Gasteiger charge is 2.41. The molecule has 4 rings (SSSR count). The van der Waals surface area contributed by atoms with Crippen molar-refractivity contribution in [3.05, 3.63) is 69.7 Å². The summed E-state index contributed by atoms with van der Waals surface area (Å²) in [5, 5.41) is 0. The Bertz CT molecular complexity index is 910. The van der Waals surface area contributed by atoms with Crippen molar-refractivity contribution in [2.75, 3.05) is 13.1 Å². The van der Waals surface area contributed by atoms with Crippen LogP contribution in [0.2, 0.25) is 0 Å². The molecule has 2 aromatic carbocycles. The highest BCUT2D eigenvalue weighted by atomic mass is 79.9. The number of hydroxylamine groups is 1. The molecule has 5 nitrogen and oxygen atoms in total. The molecule has 1 fully saturated rings. The van der Waals surface area contributed by atoms with E-state index in [1.165, 1.54) is 11.0 Å². The zero-order valence-corrected chi connectivity index (χ0v) is 15.8. The van der Waals surface area contributed by atoms with Crippen LogP contribution in [0.3, 0.4) is 0 Å². The van der Waals surface area contributed by atoms with Crippen molar-refractivity contribution in [2.24, 2.45) is 4.99 Å². The second kappa shape index (κ2) is 7.01. The zero-order chi connectivity index (χ0) is 19.0. The molecule has 0 saturated carbocycles. The van der Waals surface area contributed by atoms with E-state index in [0.29, 0.717) is 31.8 Å². The Balaban J connectivity index is 1.45. The van der Waals surface area contributed by atoms with Crippen molar-refractivity contribution in [3.8, 4) is 0 Å². The third-order valence-electron chi connectivity index (χ3n) is 4.76. The van der Waals surface area contributed by atoms with E-state index in [2.05, 4.69) is 26.4 Å². The van der Waals surface area contributed by atoms with Gasteiger partial charge in [0.1, 0.15) is 11.6 Å². The standard InChI is InChI=1S/C19H16BrF2N3O2/c20-13-3-1-12(2-4-13)17-23-19(27-24-17)7-9-25(10-8-19)18(26)15-6-5-14(21)11-16(15)22/h1-6,11H,7-10H2,(H,23,24). The van der Waals surface area contributed by atoms with Gasteiger partial charge in [-0.2, -0.15) is 0 Å². The largest absolute Gasteiger partial charge is 0.338 e. The number of nitrogens with one attached hydrogen (secondary N) is 1. The third-order valence-corrected chi connectivity index (χ3v) is 5.29.